The Morgan fingerprint density at radius 3 is 2.61 bits per heavy atom. The van der Waals surface area contributed by atoms with Gasteiger partial charge in [0.15, 0.2) is 0 Å². The molecule has 1 saturated carbocycles. The van der Waals surface area contributed by atoms with E-state index in [1.165, 1.54) is 12.8 Å². The molecule has 166 valence electrons. The summed E-state index contributed by atoms with van der Waals surface area (Å²) in [6.45, 7) is 2.96. The molecule has 1 aromatic carbocycles. The van der Waals surface area contributed by atoms with Crippen molar-refractivity contribution < 1.29 is 19.1 Å². The number of ether oxygens (including phenoxy) is 2. The van der Waals surface area contributed by atoms with E-state index >= 15 is 0 Å². The van der Waals surface area contributed by atoms with Crippen LogP contribution in [0.5, 0.6) is 11.6 Å². The van der Waals surface area contributed by atoms with Gasteiger partial charge in [-0.15, -0.1) is 0 Å². The van der Waals surface area contributed by atoms with Gasteiger partial charge in [-0.3, -0.25) is 9.59 Å². The van der Waals surface area contributed by atoms with Crippen LogP contribution in [0.1, 0.15) is 61.4 Å². The molecule has 2 N–H and O–H groups in total. The third-order valence-corrected chi connectivity index (χ3v) is 5.20. The fourth-order valence-corrected chi connectivity index (χ4v) is 3.38. The normalized spacial score (nSPS) is 13.6. The summed E-state index contributed by atoms with van der Waals surface area (Å²) in [5.74, 6) is 0.722. The van der Waals surface area contributed by atoms with E-state index in [1.54, 1.807) is 30.5 Å². The third kappa shape index (κ3) is 7.27. The molecule has 0 spiro atoms. The highest BCUT2D eigenvalue weighted by Gasteiger charge is 2.18. The molecular formula is C24H31N3O4. The monoisotopic (exact) mass is 425 g/mol. The number of amides is 2. The summed E-state index contributed by atoms with van der Waals surface area (Å²) in [6.07, 6.45) is 8.39. The first-order valence-corrected chi connectivity index (χ1v) is 11.0. The zero-order chi connectivity index (χ0) is 21.9. The highest BCUT2D eigenvalue weighted by molar-refractivity contribution is 5.96. The van der Waals surface area contributed by atoms with Crippen LogP contribution in [0.3, 0.4) is 0 Å². The molecule has 0 saturated heterocycles. The fraction of sp³-hybridized carbons (Fsp3) is 0.458. The molecule has 3 rings (SSSR count). The van der Waals surface area contributed by atoms with Crippen LogP contribution in [0.15, 0.2) is 42.6 Å². The molecule has 1 aliphatic rings. The molecule has 1 aromatic heterocycles. The summed E-state index contributed by atoms with van der Waals surface area (Å²) in [5.41, 5.74) is 1.31. The van der Waals surface area contributed by atoms with Crippen LogP contribution in [0.4, 0.5) is 0 Å². The number of hydrogen-bond donors (Lipinski definition) is 2. The predicted octanol–water partition coefficient (Wildman–Crippen LogP) is 3.63. The number of nitrogens with one attached hydrogen (secondary N) is 2. The van der Waals surface area contributed by atoms with Gasteiger partial charge in [-0.25, -0.2) is 4.98 Å². The van der Waals surface area contributed by atoms with Gasteiger partial charge in [-0.2, -0.15) is 0 Å². The number of pyridine rings is 1. The maximum Gasteiger partial charge on any atom is 0.251 e. The second kappa shape index (κ2) is 11.9. The highest BCUT2D eigenvalue weighted by Crippen LogP contribution is 2.24. The lowest BCUT2D eigenvalue weighted by molar-refractivity contribution is -0.120. The van der Waals surface area contributed by atoms with Gasteiger partial charge in [0.2, 0.25) is 11.8 Å². The molecule has 1 fully saturated rings. The molecule has 2 amide bonds. The Balaban J connectivity index is 1.42. The van der Waals surface area contributed by atoms with E-state index in [0.717, 1.165) is 37.0 Å². The number of benzene rings is 1. The number of aromatic nitrogens is 1. The lowest BCUT2D eigenvalue weighted by Gasteiger charge is -2.15. The number of hydrogen-bond acceptors (Lipinski definition) is 5. The smallest absolute Gasteiger partial charge is 0.251 e. The zero-order valence-electron chi connectivity index (χ0n) is 18.1. The topological polar surface area (TPSA) is 89.5 Å². The van der Waals surface area contributed by atoms with E-state index in [9.17, 15) is 9.59 Å². The van der Waals surface area contributed by atoms with Crippen LogP contribution in [0.2, 0.25) is 0 Å². The quantitative estimate of drug-likeness (QED) is 0.537. The van der Waals surface area contributed by atoms with Crippen molar-refractivity contribution in [1.82, 2.24) is 15.6 Å². The second-order valence-electron chi connectivity index (χ2n) is 7.68. The van der Waals surface area contributed by atoms with E-state index in [2.05, 4.69) is 22.5 Å². The van der Waals surface area contributed by atoms with E-state index < -0.39 is 0 Å². The molecule has 0 unspecified atom stereocenters. The van der Waals surface area contributed by atoms with Gasteiger partial charge in [-0.1, -0.05) is 19.4 Å². The summed E-state index contributed by atoms with van der Waals surface area (Å²) in [7, 11) is 0. The first-order valence-electron chi connectivity index (χ1n) is 11.0. The molecule has 7 heteroatoms. The minimum atomic E-state index is -0.304. The third-order valence-electron chi connectivity index (χ3n) is 5.20. The summed E-state index contributed by atoms with van der Waals surface area (Å²) < 4.78 is 11.6. The lowest BCUT2D eigenvalue weighted by atomic mass is 10.2. The second-order valence-corrected chi connectivity index (χ2v) is 7.68. The molecule has 1 heterocycles. The number of unbranched alkanes of at least 4 members (excludes halogenated alkanes) is 1. The van der Waals surface area contributed by atoms with Gasteiger partial charge in [-0.05, 0) is 62.4 Å². The predicted molar refractivity (Wildman–Crippen MR) is 118 cm³/mol. The van der Waals surface area contributed by atoms with Crippen molar-refractivity contribution in [2.75, 3.05) is 13.2 Å². The van der Waals surface area contributed by atoms with Crippen molar-refractivity contribution in [3.63, 3.8) is 0 Å². The van der Waals surface area contributed by atoms with Crippen LogP contribution >= 0.6 is 0 Å². The van der Waals surface area contributed by atoms with Crippen LogP contribution in [0.25, 0.3) is 0 Å². The van der Waals surface area contributed by atoms with E-state index in [0.29, 0.717) is 24.6 Å². The van der Waals surface area contributed by atoms with Crippen LogP contribution in [0, 0.1) is 0 Å². The molecule has 31 heavy (non-hydrogen) atoms. The Morgan fingerprint density at radius 1 is 1.10 bits per heavy atom. The number of carbonyl (C=O) groups excluding carboxylic acids is 2. The Morgan fingerprint density at radius 2 is 1.87 bits per heavy atom. The largest absolute Gasteiger partial charge is 0.494 e. The van der Waals surface area contributed by atoms with Crippen molar-refractivity contribution in [1.29, 1.82) is 0 Å². The molecule has 7 nitrogen and oxygen atoms in total. The van der Waals surface area contributed by atoms with E-state index in [4.69, 9.17) is 9.47 Å². The average Bonchev–Trinajstić information content (AvgIpc) is 3.30. The zero-order valence-corrected chi connectivity index (χ0v) is 18.1. The maximum atomic E-state index is 12.3. The molecule has 2 aromatic rings. The molecule has 0 aliphatic heterocycles. The minimum Gasteiger partial charge on any atom is -0.494 e. The SMILES string of the molecule is CCCCOc1ccc(C(=O)NCC(=O)NCc2cccnc2OC2CCCC2)cc1. The van der Waals surface area contributed by atoms with Crippen molar-refractivity contribution >= 4 is 11.8 Å². The Bertz CT molecular complexity index is 848. The highest BCUT2D eigenvalue weighted by atomic mass is 16.5. The fourth-order valence-electron chi connectivity index (χ4n) is 3.38. The average molecular weight is 426 g/mol. The standard InChI is InChI=1S/C24H31N3O4/c1-2-3-15-30-20-12-10-18(11-13-20)23(29)27-17-22(28)26-16-19-7-6-14-25-24(19)31-21-8-4-5-9-21/h6-7,10-14,21H,2-5,8-9,15-17H2,1H3,(H,26,28)(H,27,29). The van der Waals surface area contributed by atoms with Gasteiger partial charge in [0, 0.05) is 23.9 Å². The maximum absolute atomic E-state index is 12.3. The van der Waals surface area contributed by atoms with Gasteiger partial charge in [0.25, 0.3) is 5.91 Å². The van der Waals surface area contributed by atoms with Gasteiger partial charge < -0.3 is 20.1 Å². The van der Waals surface area contributed by atoms with Gasteiger partial charge in [0.05, 0.1) is 13.2 Å². The lowest BCUT2D eigenvalue weighted by Crippen LogP contribution is -2.36. The first kappa shape index (κ1) is 22.6. The number of rotatable bonds is 11. The van der Waals surface area contributed by atoms with Crippen LogP contribution < -0.4 is 20.1 Å². The van der Waals surface area contributed by atoms with Crippen LogP contribution in [-0.4, -0.2) is 36.1 Å². The van der Waals surface area contributed by atoms with Crippen molar-refractivity contribution in [2.45, 2.75) is 58.1 Å². The Hall–Kier alpha value is -3.09. The van der Waals surface area contributed by atoms with Crippen LogP contribution in [-0.2, 0) is 11.3 Å². The Kier molecular flexibility index (Phi) is 8.70. The molecule has 0 bridgehead atoms. The summed E-state index contributed by atoms with van der Waals surface area (Å²) in [5, 5.41) is 5.46. The van der Waals surface area contributed by atoms with Crippen molar-refractivity contribution in [3.8, 4) is 11.6 Å². The summed E-state index contributed by atoms with van der Waals surface area (Å²) in [4.78, 5) is 28.8. The first-order chi connectivity index (χ1) is 15.2. The molecule has 0 radical (unpaired) electrons. The molecule has 1 aliphatic carbocycles. The number of nitrogens with zero attached hydrogens (tertiary/aromatic N) is 1. The van der Waals surface area contributed by atoms with E-state index in [-0.39, 0.29) is 24.5 Å². The van der Waals surface area contributed by atoms with Gasteiger partial charge >= 0.3 is 0 Å². The minimum absolute atomic E-state index is 0.105. The van der Waals surface area contributed by atoms with E-state index in [1.807, 2.05) is 12.1 Å². The van der Waals surface area contributed by atoms with Crippen molar-refractivity contribution in [3.05, 3.63) is 53.7 Å². The summed E-state index contributed by atoms with van der Waals surface area (Å²) in [6, 6.07) is 10.6. The van der Waals surface area contributed by atoms with Gasteiger partial charge in [0.1, 0.15) is 11.9 Å². The number of carbonyl (C=O) groups is 2. The molecule has 0 atom stereocenters. The molecular weight excluding hydrogens is 394 g/mol. The Labute approximate surface area is 183 Å². The van der Waals surface area contributed by atoms with Crippen molar-refractivity contribution in [2.24, 2.45) is 0 Å². The summed E-state index contributed by atoms with van der Waals surface area (Å²) >= 11 is 0.